The Hall–Kier alpha value is -2.35. The van der Waals surface area contributed by atoms with E-state index in [0.717, 1.165) is 16.3 Å². The lowest BCUT2D eigenvalue weighted by molar-refractivity contribution is -0.140. The van der Waals surface area contributed by atoms with Crippen LogP contribution in [0.3, 0.4) is 0 Å². The Morgan fingerprint density at radius 2 is 2.09 bits per heavy atom. The van der Waals surface area contributed by atoms with Crippen LogP contribution in [0.1, 0.15) is 34.8 Å². The minimum absolute atomic E-state index is 0.0113. The molecular weight excluding hydrogens is 476 g/mol. The highest BCUT2D eigenvalue weighted by Crippen LogP contribution is 2.24. The van der Waals surface area contributed by atoms with Crippen LogP contribution in [0.2, 0.25) is 0 Å². The minimum atomic E-state index is -3.72. The third-order valence-electron chi connectivity index (χ3n) is 4.94. The Balaban J connectivity index is 1.75. The van der Waals surface area contributed by atoms with Crippen molar-refractivity contribution in [3.63, 3.8) is 0 Å². The molecule has 3 rings (SSSR count). The number of hydrogen-bond donors (Lipinski definition) is 2. The number of methoxy groups -OCH3 is 1. The topological polar surface area (TPSA) is 135 Å². The summed E-state index contributed by atoms with van der Waals surface area (Å²) < 4.78 is 32.6. The fourth-order valence-corrected chi connectivity index (χ4v) is 6.25. The number of piperidine rings is 1. The molecule has 0 spiro atoms. The second-order valence-corrected chi connectivity index (χ2v) is 11.1. The molecule has 0 aliphatic carbocycles. The van der Waals surface area contributed by atoms with Crippen LogP contribution in [0.5, 0.6) is 0 Å². The van der Waals surface area contributed by atoms with Crippen molar-refractivity contribution in [1.82, 2.24) is 19.9 Å². The molecule has 3 heterocycles. The molecule has 1 fully saturated rings. The number of aromatic nitrogens is 1. The van der Waals surface area contributed by atoms with Gasteiger partial charge in [-0.15, -0.1) is 22.7 Å². The van der Waals surface area contributed by atoms with E-state index >= 15 is 0 Å². The average molecular weight is 501 g/mol. The predicted molar refractivity (Wildman–Crippen MR) is 119 cm³/mol. The van der Waals surface area contributed by atoms with Gasteiger partial charge in [-0.3, -0.25) is 14.4 Å². The van der Waals surface area contributed by atoms with Crippen molar-refractivity contribution in [1.29, 1.82) is 0 Å². The smallest absolute Gasteiger partial charge is 0.307 e. The number of sulfonamides is 1. The molecule has 2 unspecified atom stereocenters. The summed E-state index contributed by atoms with van der Waals surface area (Å²) in [6.07, 6.45) is 0.442. The predicted octanol–water partition coefficient (Wildman–Crippen LogP) is 1.14. The highest BCUT2D eigenvalue weighted by Gasteiger charge is 2.38. The van der Waals surface area contributed by atoms with Gasteiger partial charge >= 0.3 is 5.97 Å². The molecule has 32 heavy (non-hydrogen) atoms. The van der Waals surface area contributed by atoms with Crippen molar-refractivity contribution in [2.45, 2.75) is 42.5 Å². The molecule has 2 amide bonds. The number of carbonyl (C=O) groups excluding carboxylic acids is 3. The third-order valence-corrected chi connectivity index (χ3v) is 8.63. The van der Waals surface area contributed by atoms with Crippen molar-refractivity contribution in [2.24, 2.45) is 0 Å². The van der Waals surface area contributed by atoms with Gasteiger partial charge in [0, 0.05) is 24.5 Å². The Morgan fingerprint density at radius 3 is 2.72 bits per heavy atom. The zero-order chi connectivity index (χ0) is 23.3. The maximum absolute atomic E-state index is 13.0. The molecule has 13 heteroatoms. The van der Waals surface area contributed by atoms with E-state index in [2.05, 4.69) is 19.8 Å². The van der Waals surface area contributed by atoms with Gasteiger partial charge in [0.05, 0.1) is 18.5 Å². The van der Waals surface area contributed by atoms with Crippen molar-refractivity contribution < 1.29 is 27.5 Å². The number of hydrogen-bond acceptors (Lipinski definition) is 9. The number of nitrogens with zero attached hydrogens (tertiary/aromatic N) is 2. The van der Waals surface area contributed by atoms with Crippen LogP contribution in [-0.4, -0.2) is 68.4 Å². The number of amides is 2. The van der Waals surface area contributed by atoms with Crippen LogP contribution in [0.25, 0.3) is 0 Å². The average Bonchev–Trinajstić information content (AvgIpc) is 3.45. The summed E-state index contributed by atoms with van der Waals surface area (Å²) in [7, 11) is -2.47. The Morgan fingerprint density at radius 1 is 1.31 bits per heavy atom. The van der Waals surface area contributed by atoms with E-state index in [1.165, 1.54) is 29.4 Å². The first-order valence-electron chi connectivity index (χ1n) is 9.84. The number of esters is 1. The van der Waals surface area contributed by atoms with Crippen LogP contribution in [0.4, 0.5) is 0 Å². The van der Waals surface area contributed by atoms with E-state index in [4.69, 9.17) is 0 Å². The second-order valence-electron chi connectivity index (χ2n) is 7.16. The van der Waals surface area contributed by atoms with Crippen molar-refractivity contribution in [2.75, 3.05) is 20.2 Å². The molecule has 2 aromatic rings. The Kier molecular flexibility index (Phi) is 7.98. The largest absolute Gasteiger partial charge is 0.469 e. The van der Waals surface area contributed by atoms with Gasteiger partial charge in [0.1, 0.15) is 15.9 Å². The number of carbonyl (C=O) groups is 3. The summed E-state index contributed by atoms with van der Waals surface area (Å²) in [5, 5.41) is 6.68. The normalized spacial score (nSPS) is 18.9. The van der Waals surface area contributed by atoms with Gasteiger partial charge in [0.25, 0.3) is 5.91 Å². The number of rotatable bonds is 8. The van der Waals surface area contributed by atoms with Crippen molar-refractivity contribution >= 4 is 50.5 Å². The van der Waals surface area contributed by atoms with Gasteiger partial charge < -0.3 is 15.0 Å². The fraction of sp³-hybridized carbons (Fsp3) is 0.474. The van der Waals surface area contributed by atoms with Crippen LogP contribution in [0, 0.1) is 6.92 Å². The van der Waals surface area contributed by atoms with Crippen LogP contribution < -0.4 is 10.0 Å². The maximum atomic E-state index is 13.0. The summed E-state index contributed by atoms with van der Waals surface area (Å²) in [6.45, 7) is 2.01. The number of nitrogens with one attached hydrogen (secondary N) is 2. The first kappa shape index (κ1) is 24.3. The molecule has 0 bridgehead atoms. The third kappa shape index (κ3) is 5.91. The number of thiophene rings is 1. The van der Waals surface area contributed by atoms with Crippen LogP contribution in [-0.2, 0) is 24.3 Å². The Bertz CT molecular complexity index is 1070. The lowest BCUT2D eigenvalue weighted by Gasteiger charge is -2.38. The van der Waals surface area contributed by atoms with Crippen molar-refractivity contribution in [3.05, 3.63) is 33.6 Å². The van der Waals surface area contributed by atoms with Gasteiger partial charge in [-0.1, -0.05) is 6.07 Å². The van der Waals surface area contributed by atoms with Gasteiger partial charge in [-0.05, 0) is 31.2 Å². The molecule has 2 aromatic heterocycles. The van der Waals surface area contributed by atoms with Gasteiger partial charge in [0.15, 0.2) is 0 Å². The molecule has 0 aromatic carbocycles. The SMILES string of the molecule is COC(=O)CCNC(=O)C1CC(NS(=O)(=O)c2cccs2)CCN1C(=O)c1csc(C)n1. The zero-order valence-corrected chi connectivity index (χ0v) is 20.0. The molecule has 10 nitrogen and oxygen atoms in total. The van der Waals surface area contributed by atoms with E-state index in [-0.39, 0.29) is 41.7 Å². The molecule has 1 aliphatic heterocycles. The minimum Gasteiger partial charge on any atom is -0.469 e. The van der Waals surface area contributed by atoms with Crippen LogP contribution in [0.15, 0.2) is 27.1 Å². The quantitative estimate of drug-likeness (QED) is 0.519. The first-order valence-corrected chi connectivity index (χ1v) is 13.1. The standard InChI is InChI=1S/C19H24N4O6S3/c1-12-21-14(11-31-12)19(26)23-8-6-13(22-32(27,28)17-4-3-9-30-17)10-15(23)18(25)20-7-5-16(24)29-2/h3-4,9,11,13,15,22H,5-8,10H2,1-2H3,(H,20,25). The maximum Gasteiger partial charge on any atom is 0.307 e. The summed E-state index contributed by atoms with van der Waals surface area (Å²) >= 11 is 2.43. The molecule has 1 saturated heterocycles. The monoisotopic (exact) mass is 500 g/mol. The van der Waals surface area contributed by atoms with Gasteiger partial charge in [0.2, 0.25) is 15.9 Å². The zero-order valence-electron chi connectivity index (χ0n) is 17.6. The van der Waals surface area contributed by atoms with E-state index in [1.54, 1.807) is 23.8 Å². The van der Waals surface area contributed by atoms with Gasteiger partial charge in [-0.2, -0.15) is 0 Å². The number of likely N-dealkylation sites (tertiary alicyclic amines) is 1. The summed E-state index contributed by atoms with van der Waals surface area (Å²) in [6, 6.07) is 1.72. The molecular formula is C19H24N4O6S3. The Labute approximate surface area is 194 Å². The molecule has 0 radical (unpaired) electrons. The number of ether oxygens (including phenoxy) is 1. The number of thiazole rings is 1. The number of aryl methyl sites for hydroxylation is 1. The van der Waals surface area contributed by atoms with E-state index < -0.39 is 34.0 Å². The summed E-state index contributed by atoms with van der Waals surface area (Å²) in [4.78, 5) is 42.9. The molecule has 1 aliphatic rings. The van der Waals surface area contributed by atoms with Crippen molar-refractivity contribution in [3.8, 4) is 0 Å². The molecule has 0 saturated carbocycles. The fourth-order valence-electron chi connectivity index (χ4n) is 3.37. The molecule has 174 valence electrons. The second kappa shape index (κ2) is 10.5. The summed E-state index contributed by atoms with van der Waals surface area (Å²) in [5.74, 6) is -1.32. The highest BCUT2D eigenvalue weighted by atomic mass is 32.2. The van der Waals surface area contributed by atoms with E-state index in [9.17, 15) is 22.8 Å². The lowest BCUT2D eigenvalue weighted by Crippen LogP contribution is -2.57. The lowest BCUT2D eigenvalue weighted by atomic mass is 9.96. The van der Waals surface area contributed by atoms with Gasteiger partial charge in [-0.25, -0.2) is 18.1 Å². The first-order chi connectivity index (χ1) is 15.2. The molecule has 2 atom stereocenters. The van der Waals surface area contributed by atoms with E-state index in [0.29, 0.717) is 6.42 Å². The highest BCUT2D eigenvalue weighted by molar-refractivity contribution is 7.91. The summed E-state index contributed by atoms with van der Waals surface area (Å²) in [5.41, 5.74) is 0.248. The van der Waals surface area contributed by atoms with Crippen LogP contribution >= 0.6 is 22.7 Å². The molecule has 2 N–H and O–H groups in total. The van der Waals surface area contributed by atoms with E-state index in [1.807, 2.05) is 0 Å².